The van der Waals surface area contributed by atoms with Crippen LogP contribution < -0.4 is 9.91 Å². The van der Waals surface area contributed by atoms with Gasteiger partial charge in [-0.25, -0.2) is 4.79 Å². The quantitative estimate of drug-likeness (QED) is 0.160. The molecule has 242 valence electrons. The van der Waals surface area contributed by atoms with Gasteiger partial charge in [-0.15, -0.1) is 0 Å². The molecule has 0 fully saturated rings. The van der Waals surface area contributed by atoms with E-state index in [4.69, 9.17) is 0 Å². The van der Waals surface area contributed by atoms with Gasteiger partial charge in [0.05, 0.1) is 11.3 Å². The number of amides is 1. The number of carboxylic acid groups (broad SMARTS) is 1. The maximum absolute atomic E-state index is 13.4. The summed E-state index contributed by atoms with van der Waals surface area (Å²) in [6.45, 7) is 3.28. The molecule has 1 N–H and O–H groups in total. The lowest BCUT2D eigenvalue weighted by Crippen LogP contribution is -2.24. The fourth-order valence-electron chi connectivity index (χ4n) is 6.91. The van der Waals surface area contributed by atoms with Crippen LogP contribution >= 0.6 is 0 Å². The molecule has 0 aromatic heterocycles. The predicted octanol–water partition coefficient (Wildman–Crippen LogP) is 9.58. The SMILES string of the molecule is CCCCCCCCc1ccc(N2CCCc3cc(/C=C/C4=CC(=C5\C(=O)N(c6ccccc6)N=C5C(=O)O)/CCC4)ccc32)cc1. The Labute approximate surface area is 278 Å². The van der Waals surface area contributed by atoms with Crippen LogP contribution in [-0.2, 0) is 22.4 Å². The van der Waals surface area contributed by atoms with E-state index in [1.807, 2.05) is 12.1 Å². The maximum atomic E-state index is 13.4. The summed E-state index contributed by atoms with van der Waals surface area (Å²) in [5.41, 5.74) is 8.83. The first kappa shape index (κ1) is 32.2. The number of hydrazone groups is 1. The summed E-state index contributed by atoms with van der Waals surface area (Å²) in [4.78, 5) is 28.0. The van der Waals surface area contributed by atoms with Gasteiger partial charge in [0.25, 0.3) is 5.91 Å². The van der Waals surface area contributed by atoms with Crippen molar-refractivity contribution in [2.45, 2.75) is 84.0 Å². The number of hydrogen-bond acceptors (Lipinski definition) is 4. The van der Waals surface area contributed by atoms with Gasteiger partial charge in [-0.3, -0.25) is 4.79 Å². The van der Waals surface area contributed by atoms with Crippen LogP contribution in [0.25, 0.3) is 6.08 Å². The number of hydrogen-bond donors (Lipinski definition) is 1. The van der Waals surface area contributed by atoms with Crippen LogP contribution in [0.4, 0.5) is 17.1 Å². The molecular formula is C41H45N3O3. The number of carbonyl (C=O) groups excluding carboxylic acids is 1. The number of anilines is 3. The normalized spacial score (nSPS) is 18.0. The van der Waals surface area contributed by atoms with Gasteiger partial charge in [0.1, 0.15) is 0 Å². The molecule has 0 saturated heterocycles. The third-order valence-electron chi connectivity index (χ3n) is 9.42. The maximum Gasteiger partial charge on any atom is 0.357 e. The summed E-state index contributed by atoms with van der Waals surface area (Å²) in [6.07, 6.45) is 19.9. The van der Waals surface area contributed by atoms with Crippen LogP contribution in [0.5, 0.6) is 0 Å². The molecule has 3 aromatic rings. The van der Waals surface area contributed by atoms with Crippen molar-refractivity contribution in [2.75, 3.05) is 16.5 Å². The molecule has 1 amide bonds. The Balaban J connectivity index is 1.15. The van der Waals surface area contributed by atoms with Crippen LogP contribution in [0.15, 0.2) is 107 Å². The second kappa shape index (κ2) is 15.3. The number of allylic oxidation sites excluding steroid dienone is 4. The minimum Gasteiger partial charge on any atom is -0.476 e. The van der Waals surface area contributed by atoms with E-state index in [0.29, 0.717) is 12.1 Å². The van der Waals surface area contributed by atoms with Crippen molar-refractivity contribution in [3.63, 3.8) is 0 Å². The van der Waals surface area contributed by atoms with Crippen molar-refractivity contribution < 1.29 is 14.7 Å². The molecule has 0 spiro atoms. The average molecular weight is 628 g/mol. The lowest BCUT2D eigenvalue weighted by atomic mass is 9.89. The van der Waals surface area contributed by atoms with Gasteiger partial charge >= 0.3 is 5.97 Å². The van der Waals surface area contributed by atoms with Gasteiger partial charge in [-0.1, -0.05) is 93.7 Å². The summed E-state index contributed by atoms with van der Waals surface area (Å²) in [6, 6.07) is 24.9. The van der Waals surface area contributed by atoms with Gasteiger partial charge < -0.3 is 10.0 Å². The largest absolute Gasteiger partial charge is 0.476 e. The molecule has 2 aliphatic heterocycles. The summed E-state index contributed by atoms with van der Waals surface area (Å²) >= 11 is 0. The number of aryl methyl sites for hydroxylation is 2. The third kappa shape index (κ3) is 7.65. The number of aliphatic carboxylic acids is 1. The molecule has 1 aliphatic carbocycles. The molecule has 0 radical (unpaired) electrons. The first-order valence-corrected chi connectivity index (χ1v) is 17.3. The van der Waals surface area contributed by atoms with Gasteiger partial charge in [-0.2, -0.15) is 10.1 Å². The first-order valence-electron chi connectivity index (χ1n) is 17.3. The van der Waals surface area contributed by atoms with Gasteiger partial charge in [0, 0.05) is 17.9 Å². The zero-order valence-electron chi connectivity index (χ0n) is 27.5. The first-order chi connectivity index (χ1) is 23.0. The molecule has 0 saturated carbocycles. The highest BCUT2D eigenvalue weighted by Crippen LogP contribution is 2.35. The minimum absolute atomic E-state index is 0.191. The summed E-state index contributed by atoms with van der Waals surface area (Å²) < 4.78 is 0. The third-order valence-corrected chi connectivity index (χ3v) is 9.42. The van der Waals surface area contributed by atoms with Gasteiger partial charge in [0.2, 0.25) is 0 Å². The highest BCUT2D eigenvalue weighted by atomic mass is 16.4. The van der Waals surface area contributed by atoms with Crippen LogP contribution in [0, 0.1) is 0 Å². The molecule has 0 bridgehead atoms. The van der Waals surface area contributed by atoms with Gasteiger partial charge in [0.15, 0.2) is 5.71 Å². The van der Waals surface area contributed by atoms with E-state index in [1.165, 1.54) is 66.0 Å². The van der Waals surface area contributed by atoms with E-state index in [2.05, 4.69) is 71.5 Å². The number of nitrogens with zero attached hydrogens (tertiary/aromatic N) is 3. The molecular weight excluding hydrogens is 582 g/mol. The number of carbonyl (C=O) groups is 2. The zero-order valence-corrected chi connectivity index (χ0v) is 27.5. The monoisotopic (exact) mass is 627 g/mol. The number of unbranched alkanes of at least 4 members (excludes halogenated alkanes) is 5. The fraction of sp³-hybridized carbons (Fsp3) is 0.341. The van der Waals surface area contributed by atoms with Crippen molar-refractivity contribution in [2.24, 2.45) is 5.10 Å². The summed E-state index contributed by atoms with van der Waals surface area (Å²) in [7, 11) is 0. The van der Waals surface area contributed by atoms with Crippen molar-refractivity contribution in [1.29, 1.82) is 0 Å². The smallest absolute Gasteiger partial charge is 0.357 e. The highest BCUT2D eigenvalue weighted by Gasteiger charge is 2.37. The number of para-hydroxylation sites is 1. The molecule has 6 rings (SSSR count). The Morgan fingerprint density at radius 3 is 2.43 bits per heavy atom. The van der Waals surface area contributed by atoms with Gasteiger partial charge in [-0.05, 0) is 109 Å². The lowest BCUT2D eigenvalue weighted by Gasteiger charge is -2.31. The zero-order chi connectivity index (χ0) is 32.6. The van der Waals surface area contributed by atoms with E-state index in [9.17, 15) is 14.7 Å². The molecule has 47 heavy (non-hydrogen) atoms. The summed E-state index contributed by atoms with van der Waals surface area (Å²) in [5, 5.41) is 15.3. The van der Waals surface area contributed by atoms with Crippen LogP contribution in [-0.4, -0.2) is 29.2 Å². The highest BCUT2D eigenvalue weighted by molar-refractivity contribution is 6.53. The van der Waals surface area contributed by atoms with Crippen LogP contribution in [0.1, 0.15) is 87.8 Å². The predicted molar refractivity (Wildman–Crippen MR) is 192 cm³/mol. The average Bonchev–Trinajstić information content (AvgIpc) is 3.46. The van der Waals surface area contributed by atoms with Crippen LogP contribution in [0.3, 0.4) is 0 Å². The second-order valence-corrected chi connectivity index (χ2v) is 12.8. The Bertz CT molecular complexity index is 1720. The number of benzene rings is 3. The Hall–Kier alpha value is -4.71. The Kier molecular flexibility index (Phi) is 10.5. The van der Waals surface area contributed by atoms with Crippen molar-refractivity contribution in [3.05, 3.63) is 118 Å². The number of fused-ring (bicyclic) bond motifs is 1. The fourth-order valence-corrected chi connectivity index (χ4v) is 6.91. The second-order valence-electron chi connectivity index (χ2n) is 12.8. The summed E-state index contributed by atoms with van der Waals surface area (Å²) in [5.74, 6) is -1.58. The molecule has 3 aliphatic rings. The molecule has 3 aromatic carbocycles. The lowest BCUT2D eigenvalue weighted by molar-refractivity contribution is -0.129. The van der Waals surface area contributed by atoms with Crippen molar-refractivity contribution >= 4 is 40.7 Å². The van der Waals surface area contributed by atoms with Crippen molar-refractivity contribution in [3.8, 4) is 0 Å². The number of rotatable bonds is 12. The molecule has 0 atom stereocenters. The van der Waals surface area contributed by atoms with E-state index in [-0.39, 0.29) is 11.3 Å². The molecule has 6 nitrogen and oxygen atoms in total. The Morgan fingerprint density at radius 2 is 1.64 bits per heavy atom. The standard InChI is InChI=1S/C41H45N3O3/c1-2-3-4-5-6-8-13-30-21-24-35(25-22-30)43-27-12-16-33-28-32(23-26-37(33)43)20-19-31-14-11-15-34(29-31)38-39(41(46)47)42-44(40(38)45)36-17-9-7-10-18-36/h7,9-10,17-26,28-29H,2-6,8,11-16,27H2,1H3,(H,46,47)/b20-19+,38-34-. The van der Waals surface area contributed by atoms with E-state index in [1.54, 1.807) is 24.3 Å². The van der Waals surface area contributed by atoms with Crippen LogP contribution in [0.2, 0.25) is 0 Å². The molecule has 2 heterocycles. The Morgan fingerprint density at radius 1 is 0.851 bits per heavy atom. The minimum atomic E-state index is -1.19. The molecule has 0 unspecified atom stereocenters. The molecule has 6 heteroatoms. The van der Waals surface area contributed by atoms with E-state index >= 15 is 0 Å². The van der Waals surface area contributed by atoms with Crippen molar-refractivity contribution in [1.82, 2.24) is 0 Å². The van der Waals surface area contributed by atoms with E-state index in [0.717, 1.165) is 55.4 Å². The number of carboxylic acids is 1. The van der Waals surface area contributed by atoms with E-state index < -0.39 is 11.9 Å². The topological polar surface area (TPSA) is 73.2 Å².